The standard InChI is InChI=1S/C14H25NO3/c1-3-5-6-7-8-9-10-13(16)18-14(17)12-15-11-4-2/h11H,3-10,12H2,1-2H3. The van der Waals surface area contributed by atoms with Crippen molar-refractivity contribution in [3.8, 4) is 0 Å². The molecule has 0 saturated carbocycles. The van der Waals surface area contributed by atoms with Gasteiger partial charge in [0.2, 0.25) is 0 Å². The number of ether oxygens (including phenoxy) is 1. The molecule has 0 aromatic heterocycles. The Hall–Kier alpha value is -1.19. The van der Waals surface area contributed by atoms with E-state index in [1.807, 2.05) is 6.92 Å². The molecule has 4 nitrogen and oxygen atoms in total. The first-order valence-corrected chi connectivity index (χ1v) is 6.92. The van der Waals surface area contributed by atoms with Crippen molar-refractivity contribution in [2.75, 3.05) is 6.54 Å². The summed E-state index contributed by atoms with van der Waals surface area (Å²) in [4.78, 5) is 26.2. The largest absolute Gasteiger partial charge is 0.392 e. The van der Waals surface area contributed by atoms with E-state index in [1.54, 1.807) is 6.21 Å². The normalized spacial score (nSPS) is 10.8. The molecule has 0 atom stereocenters. The summed E-state index contributed by atoms with van der Waals surface area (Å²) >= 11 is 0. The van der Waals surface area contributed by atoms with Crippen molar-refractivity contribution >= 4 is 18.2 Å². The number of aliphatic imine (C=N–C) groups is 1. The van der Waals surface area contributed by atoms with Crippen LogP contribution in [0.3, 0.4) is 0 Å². The predicted molar refractivity (Wildman–Crippen MR) is 72.7 cm³/mol. The molecule has 0 aliphatic carbocycles. The number of esters is 2. The Bertz CT molecular complexity index is 262. The fourth-order valence-corrected chi connectivity index (χ4v) is 1.53. The van der Waals surface area contributed by atoms with E-state index in [1.165, 1.54) is 19.3 Å². The number of nitrogens with zero attached hydrogens (tertiary/aromatic N) is 1. The van der Waals surface area contributed by atoms with Gasteiger partial charge in [-0.1, -0.05) is 46.0 Å². The van der Waals surface area contributed by atoms with Gasteiger partial charge in [-0.3, -0.25) is 9.79 Å². The molecule has 0 aliphatic rings. The average Bonchev–Trinajstić information content (AvgIpc) is 2.34. The van der Waals surface area contributed by atoms with Crippen LogP contribution in [0.1, 0.15) is 65.2 Å². The van der Waals surface area contributed by atoms with Gasteiger partial charge in [0.1, 0.15) is 6.54 Å². The minimum absolute atomic E-state index is 0.0594. The average molecular weight is 255 g/mol. The molecule has 0 saturated heterocycles. The topological polar surface area (TPSA) is 55.7 Å². The first kappa shape index (κ1) is 16.8. The Labute approximate surface area is 110 Å². The molecule has 0 heterocycles. The summed E-state index contributed by atoms with van der Waals surface area (Å²) in [5, 5.41) is 0. The van der Waals surface area contributed by atoms with Crippen LogP contribution in [0.15, 0.2) is 4.99 Å². The third-order valence-corrected chi connectivity index (χ3v) is 2.49. The van der Waals surface area contributed by atoms with Crippen LogP contribution in [0.4, 0.5) is 0 Å². The number of unbranched alkanes of at least 4 members (excludes halogenated alkanes) is 5. The highest BCUT2D eigenvalue weighted by molar-refractivity contribution is 5.87. The quantitative estimate of drug-likeness (QED) is 0.260. The second-order valence-electron chi connectivity index (χ2n) is 4.30. The Balaban J connectivity index is 3.47. The fraction of sp³-hybridized carbons (Fsp3) is 0.786. The summed E-state index contributed by atoms with van der Waals surface area (Å²) in [6.07, 6.45) is 9.40. The zero-order valence-electron chi connectivity index (χ0n) is 11.6. The van der Waals surface area contributed by atoms with Crippen LogP contribution in [0.5, 0.6) is 0 Å². The Morgan fingerprint density at radius 3 is 2.33 bits per heavy atom. The first-order chi connectivity index (χ1) is 8.70. The third-order valence-electron chi connectivity index (χ3n) is 2.49. The molecule has 0 fully saturated rings. The van der Waals surface area contributed by atoms with Gasteiger partial charge in [-0.25, -0.2) is 4.79 Å². The van der Waals surface area contributed by atoms with Crippen molar-refractivity contribution in [1.29, 1.82) is 0 Å². The lowest BCUT2D eigenvalue weighted by Gasteiger charge is -2.01. The van der Waals surface area contributed by atoms with E-state index in [9.17, 15) is 9.59 Å². The van der Waals surface area contributed by atoms with E-state index in [0.29, 0.717) is 6.42 Å². The summed E-state index contributed by atoms with van der Waals surface area (Å²) in [5.41, 5.74) is 0. The molecular weight excluding hydrogens is 230 g/mol. The minimum atomic E-state index is -0.560. The molecule has 0 bridgehead atoms. The number of hydrogen-bond acceptors (Lipinski definition) is 4. The zero-order valence-corrected chi connectivity index (χ0v) is 11.6. The van der Waals surface area contributed by atoms with Gasteiger partial charge in [-0.05, 0) is 19.1 Å². The van der Waals surface area contributed by atoms with Gasteiger partial charge in [-0.15, -0.1) is 0 Å². The summed E-state index contributed by atoms with van der Waals surface area (Å²) in [7, 11) is 0. The molecule has 0 rings (SSSR count). The third kappa shape index (κ3) is 11.3. The molecule has 104 valence electrons. The van der Waals surface area contributed by atoms with Gasteiger partial charge < -0.3 is 4.74 Å². The highest BCUT2D eigenvalue weighted by Crippen LogP contribution is 2.07. The zero-order chi connectivity index (χ0) is 13.6. The maximum Gasteiger partial charge on any atom is 0.335 e. The molecular formula is C14H25NO3. The highest BCUT2D eigenvalue weighted by atomic mass is 16.6. The summed E-state index contributed by atoms with van der Waals surface area (Å²) in [6, 6.07) is 0. The Morgan fingerprint density at radius 1 is 1.00 bits per heavy atom. The van der Waals surface area contributed by atoms with Gasteiger partial charge in [0, 0.05) is 6.42 Å². The molecule has 0 aromatic carbocycles. The number of rotatable bonds is 10. The van der Waals surface area contributed by atoms with Crippen LogP contribution >= 0.6 is 0 Å². The van der Waals surface area contributed by atoms with E-state index in [0.717, 1.165) is 25.7 Å². The number of carbonyl (C=O) groups excluding carboxylic acids is 2. The van der Waals surface area contributed by atoms with Crippen molar-refractivity contribution in [2.24, 2.45) is 4.99 Å². The van der Waals surface area contributed by atoms with Crippen LogP contribution in [0.2, 0.25) is 0 Å². The van der Waals surface area contributed by atoms with Crippen molar-refractivity contribution < 1.29 is 14.3 Å². The molecule has 18 heavy (non-hydrogen) atoms. The van der Waals surface area contributed by atoms with Crippen LogP contribution < -0.4 is 0 Å². The number of hydrogen-bond donors (Lipinski definition) is 0. The minimum Gasteiger partial charge on any atom is -0.392 e. The highest BCUT2D eigenvalue weighted by Gasteiger charge is 2.08. The van der Waals surface area contributed by atoms with E-state index < -0.39 is 11.9 Å². The molecule has 0 amide bonds. The van der Waals surface area contributed by atoms with Gasteiger partial charge in [-0.2, -0.15) is 0 Å². The van der Waals surface area contributed by atoms with E-state index in [-0.39, 0.29) is 6.54 Å². The van der Waals surface area contributed by atoms with Gasteiger partial charge in [0.15, 0.2) is 0 Å². The van der Waals surface area contributed by atoms with Crippen LogP contribution in [-0.4, -0.2) is 24.7 Å². The SMILES string of the molecule is CCC=NCC(=O)OC(=O)CCCCCCCC. The first-order valence-electron chi connectivity index (χ1n) is 6.92. The van der Waals surface area contributed by atoms with Crippen molar-refractivity contribution in [3.05, 3.63) is 0 Å². The molecule has 0 radical (unpaired) electrons. The second kappa shape index (κ2) is 12.3. The molecule has 0 spiro atoms. The molecule has 4 heteroatoms. The molecule has 0 aromatic rings. The lowest BCUT2D eigenvalue weighted by molar-refractivity contribution is -0.158. The lowest BCUT2D eigenvalue weighted by atomic mass is 10.1. The lowest BCUT2D eigenvalue weighted by Crippen LogP contribution is -2.14. The van der Waals surface area contributed by atoms with Gasteiger partial charge in [0.25, 0.3) is 0 Å². The Morgan fingerprint density at radius 2 is 1.67 bits per heavy atom. The second-order valence-corrected chi connectivity index (χ2v) is 4.30. The Kier molecular flexibility index (Phi) is 11.5. The summed E-state index contributed by atoms with van der Waals surface area (Å²) in [5.74, 6) is -0.988. The monoisotopic (exact) mass is 255 g/mol. The van der Waals surface area contributed by atoms with Crippen LogP contribution in [0.25, 0.3) is 0 Å². The van der Waals surface area contributed by atoms with Crippen LogP contribution in [0, 0.1) is 0 Å². The smallest absolute Gasteiger partial charge is 0.335 e. The number of carbonyl (C=O) groups is 2. The molecule has 0 aliphatic heterocycles. The summed E-state index contributed by atoms with van der Waals surface area (Å²) < 4.78 is 4.63. The van der Waals surface area contributed by atoms with E-state index in [2.05, 4.69) is 16.7 Å². The maximum atomic E-state index is 11.3. The van der Waals surface area contributed by atoms with E-state index >= 15 is 0 Å². The molecule has 0 N–H and O–H groups in total. The maximum absolute atomic E-state index is 11.3. The van der Waals surface area contributed by atoms with Crippen molar-refractivity contribution in [1.82, 2.24) is 0 Å². The fourth-order valence-electron chi connectivity index (χ4n) is 1.53. The van der Waals surface area contributed by atoms with Crippen molar-refractivity contribution in [3.63, 3.8) is 0 Å². The van der Waals surface area contributed by atoms with Crippen LogP contribution in [-0.2, 0) is 14.3 Å². The van der Waals surface area contributed by atoms with Gasteiger partial charge in [0.05, 0.1) is 0 Å². The van der Waals surface area contributed by atoms with Gasteiger partial charge >= 0.3 is 11.9 Å². The van der Waals surface area contributed by atoms with E-state index in [4.69, 9.17) is 0 Å². The predicted octanol–water partition coefficient (Wildman–Crippen LogP) is 3.29. The summed E-state index contributed by atoms with van der Waals surface area (Å²) in [6.45, 7) is 4.04. The van der Waals surface area contributed by atoms with Crippen molar-refractivity contribution in [2.45, 2.75) is 65.2 Å². The molecule has 0 unspecified atom stereocenters.